The molecule has 18 heavy (non-hydrogen) atoms. The maximum absolute atomic E-state index is 9.23. The van der Waals surface area contributed by atoms with Crippen molar-refractivity contribution in [3.63, 3.8) is 0 Å². The van der Waals surface area contributed by atoms with Crippen molar-refractivity contribution in [1.82, 2.24) is 0 Å². The van der Waals surface area contributed by atoms with Crippen LogP contribution in [-0.2, 0) is 12.8 Å². The summed E-state index contributed by atoms with van der Waals surface area (Å²) in [5, 5.41) is 9.23. The molecular weight excluding hydrogens is 222 g/mol. The van der Waals surface area contributed by atoms with Gasteiger partial charge in [-0.3, -0.25) is 0 Å². The smallest absolute Gasteiger partial charge is 0.0472 e. The van der Waals surface area contributed by atoms with E-state index in [9.17, 15) is 5.11 Å². The van der Waals surface area contributed by atoms with Gasteiger partial charge in [0.1, 0.15) is 0 Å². The van der Waals surface area contributed by atoms with Crippen LogP contribution < -0.4 is 4.90 Å². The zero-order chi connectivity index (χ0) is 12.4. The Morgan fingerprint density at radius 3 is 2.78 bits per heavy atom. The Hall–Kier alpha value is -1.02. The Balaban J connectivity index is 1.88. The van der Waals surface area contributed by atoms with Crippen LogP contribution in [0.4, 0.5) is 5.69 Å². The van der Waals surface area contributed by atoms with E-state index in [1.54, 1.807) is 0 Å². The van der Waals surface area contributed by atoms with Crippen molar-refractivity contribution in [2.75, 3.05) is 18.1 Å². The average Bonchev–Trinajstić information content (AvgIpc) is 2.85. The van der Waals surface area contributed by atoms with Gasteiger partial charge in [0.25, 0.3) is 0 Å². The summed E-state index contributed by atoms with van der Waals surface area (Å²) in [5.74, 6) is 0. The van der Waals surface area contributed by atoms with Gasteiger partial charge in [-0.2, -0.15) is 0 Å². The Morgan fingerprint density at radius 2 is 2.00 bits per heavy atom. The Kier molecular flexibility index (Phi) is 3.55. The van der Waals surface area contributed by atoms with Crippen molar-refractivity contribution in [2.45, 2.75) is 51.0 Å². The molecule has 1 heterocycles. The Bertz CT molecular complexity index is 410. The van der Waals surface area contributed by atoms with E-state index in [1.807, 2.05) is 0 Å². The highest BCUT2D eigenvalue weighted by Gasteiger charge is 2.28. The number of hydrogen-bond donors (Lipinski definition) is 1. The molecule has 1 N–H and O–H groups in total. The molecule has 1 saturated carbocycles. The summed E-state index contributed by atoms with van der Waals surface area (Å²) in [6, 6.07) is 7.35. The number of nitrogens with zero attached hydrogens (tertiary/aromatic N) is 1. The highest BCUT2D eigenvalue weighted by molar-refractivity contribution is 5.64. The lowest BCUT2D eigenvalue weighted by Crippen LogP contribution is -2.35. The summed E-state index contributed by atoms with van der Waals surface area (Å²) in [7, 11) is 0. The molecule has 1 aliphatic carbocycles. The molecule has 0 atom stereocenters. The molecule has 0 bridgehead atoms. The summed E-state index contributed by atoms with van der Waals surface area (Å²) in [4.78, 5) is 2.64. The van der Waals surface area contributed by atoms with E-state index in [0.717, 1.165) is 12.5 Å². The number of hydrogen-bond acceptors (Lipinski definition) is 2. The standard InChI is InChI=1S/C16H23NO/c18-12-10-14-6-4-5-13-9-11-17(16(13)14)15-7-2-1-3-8-15/h4-6,15,18H,1-3,7-12H2. The number of fused-ring (bicyclic) bond motifs is 1. The molecule has 1 fully saturated rings. The monoisotopic (exact) mass is 245 g/mol. The summed E-state index contributed by atoms with van der Waals surface area (Å²) < 4.78 is 0. The fourth-order valence-electron chi connectivity index (χ4n) is 3.65. The van der Waals surface area contributed by atoms with Gasteiger partial charge in [-0.15, -0.1) is 0 Å². The van der Waals surface area contributed by atoms with Crippen molar-refractivity contribution < 1.29 is 5.11 Å². The SMILES string of the molecule is OCCc1cccc2c1N(C1CCCCC1)CC2. The molecule has 1 aromatic carbocycles. The number of rotatable bonds is 3. The largest absolute Gasteiger partial charge is 0.396 e. The van der Waals surface area contributed by atoms with Crippen LogP contribution in [0.15, 0.2) is 18.2 Å². The second-order valence-corrected chi connectivity index (χ2v) is 5.63. The Labute approximate surface area is 110 Å². The topological polar surface area (TPSA) is 23.5 Å². The quantitative estimate of drug-likeness (QED) is 0.885. The van der Waals surface area contributed by atoms with Crippen molar-refractivity contribution >= 4 is 5.69 Å². The third-order valence-electron chi connectivity index (χ3n) is 4.51. The van der Waals surface area contributed by atoms with Crippen LogP contribution in [0.3, 0.4) is 0 Å². The lowest BCUT2D eigenvalue weighted by atomic mass is 9.93. The van der Waals surface area contributed by atoms with Gasteiger partial charge in [-0.1, -0.05) is 37.5 Å². The van der Waals surface area contributed by atoms with Crippen LogP contribution in [0.5, 0.6) is 0 Å². The minimum Gasteiger partial charge on any atom is -0.396 e. The molecule has 2 aliphatic rings. The van der Waals surface area contributed by atoms with E-state index in [0.29, 0.717) is 0 Å². The van der Waals surface area contributed by atoms with E-state index >= 15 is 0 Å². The van der Waals surface area contributed by atoms with Gasteiger partial charge in [-0.25, -0.2) is 0 Å². The van der Waals surface area contributed by atoms with Crippen LogP contribution in [0, 0.1) is 0 Å². The van der Waals surface area contributed by atoms with Crippen molar-refractivity contribution in [2.24, 2.45) is 0 Å². The lowest BCUT2D eigenvalue weighted by molar-refractivity contribution is 0.299. The minimum atomic E-state index is 0.259. The van der Waals surface area contributed by atoms with Crippen LogP contribution in [-0.4, -0.2) is 24.3 Å². The van der Waals surface area contributed by atoms with Crippen molar-refractivity contribution in [1.29, 1.82) is 0 Å². The molecule has 2 heteroatoms. The third kappa shape index (κ3) is 2.14. The minimum absolute atomic E-state index is 0.259. The van der Waals surface area contributed by atoms with Crippen molar-refractivity contribution in [3.8, 4) is 0 Å². The van der Waals surface area contributed by atoms with Gasteiger partial charge in [-0.05, 0) is 36.8 Å². The zero-order valence-corrected chi connectivity index (χ0v) is 11.1. The first-order valence-corrected chi connectivity index (χ1v) is 7.38. The normalized spacial score (nSPS) is 20.2. The molecule has 0 unspecified atom stereocenters. The molecule has 1 aliphatic heterocycles. The van der Waals surface area contributed by atoms with E-state index in [4.69, 9.17) is 0 Å². The van der Waals surface area contributed by atoms with Gasteiger partial charge in [0.2, 0.25) is 0 Å². The van der Waals surface area contributed by atoms with Gasteiger partial charge in [0.05, 0.1) is 0 Å². The third-order valence-corrected chi connectivity index (χ3v) is 4.51. The van der Waals surface area contributed by atoms with Crippen LogP contribution in [0.25, 0.3) is 0 Å². The first kappa shape index (κ1) is 12.0. The van der Waals surface area contributed by atoms with E-state index in [2.05, 4.69) is 23.1 Å². The highest BCUT2D eigenvalue weighted by Crippen LogP contribution is 2.37. The summed E-state index contributed by atoms with van der Waals surface area (Å²) in [5.41, 5.74) is 4.29. The van der Waals surface area contributed by atoms with Crippen LogP contribution in [0.1, 0.15) is 43.2 Å². The first-order chi connectivity index (χ1) is 8.90. The number of benzene rings is 1. The number of anilines is 1. The number of para-hydroxylation sites is 1. The molecule has 98 valence electrons. The summed E-state index contributed by atoms with van der Waals surface area (Å²) in [6.45, 7) is 1.44. The molecule has 3 rings (SSSR count). The van der Waals surface area contributed by atoms with Crippen molar-refractivity contribution in [3.05, 3.63) is 29.3 Å². The fourth-order valence-corrected chi connectivity index (χ4v) is 3.65. The highest BCUT2D eigenvalue weighted by atomic mass is 16.2. The second kappa shape index (κ2) is 5.31. The van der Waals surface area contributed by atoms with Crippen LogP contribution in [0.2, 0.25) is 0 Å². The van der Waals surface area contributed by atoms with Gasteiger partial charge in [0.15, 0.2) is 0 Å². The van der Waals surface area contributed by atoms with Gasteiger partial charge >= 0.3 is 0 Å². The molecule has 0 saturated heterocycles. The average molecular weight is 245 g/mol. The van der Waals surface area contributed by atoms with E-state index in [1.165, 1.54) is 61.9 Å². The molecule has 0 aromatic heterocycles. The molecular formula is C16H23NO. The molecule has 0 spiro atoms. The molecule has 0 amide bonds. The zero-order valence-electron chi connectivity index (χ0n) is 11.1. The lowest BCUT2D eigenvalue weighted by Gasteiger charge is -2.34. The molecule has 2 nitrogen and oxygen atoms in total. The van der Waals surface area contributed by atoms with Crippen LogP contribution >= 0.6 is 0 Å². The summed E-state index contributed by atoms with van der Waals surface area (Å²) >= 11 is 0. The van der Waals surface area contributed by atoms with Gasteiger partial charge in [0, 0.05) is 24.9 Å². The number of aliphatic hydroxyl groups is 1. The second-order valence-electron chi connectivity index (χ2n) is 5.63. The Morgan fingerprint density at radius 1 is 1.17 bits per heavy atom. The summed E-state index contributed by atoms with van der Waals surface area (Å²) in [6.07, 6.45) is 8.88. The van der Waals surface area contributed by atoms with Gasteiger partial charge < -0.3 is 10.0 Å². The number of aliphatic hydroxyl groups excluding tert-OH is 1. The predicted octanol–water partition coefficient (Wildman–Crippen LogP) is 2.92. The van der Waals surface area contributed by atoms with E-state index < -0.39 is 0 Å². The van der Waals surface area contributed by atoms with E-state index in [-0.39, 0.29) is 6.61 Å². The molecule has 0 radical (unpaired) electrons. The predicted molar refractivity (Wildman–Crippen MR) is 75.2 cm³/mol. The fraction of sp³-hybridized carbons (Fsp3) is 0.625. The maximum Gasteiger partial charge on any atom is 0.0472 e. The first-order valence-electron chi connectivity index (χ1n) is 7.38. The molecule has 1 aromatic rings. The maximum atomic E-state index is 9.23.